The lowest BCUT2D eigenvalue weighted by atomic mass is 10.1. The summed E-state index contributed by atoms with van der Waals surface area (Å²) < 4.78 is 15.7. The van der Waals surface area contributed by atoms with Crippen molar-refractivity contribution in [2.24, 2.45) is 0 Å². The van der Waals surface area contributed by atoms with Gasteiger partial charge in [-0.3, -0.25) is 0 Å². The fourth-order valence-electron chi connectivity index (χ4n) is 2.49. The van der Waals surface area contributed by atoms with Crippen molar-refractivity contribution in [3.63, 3.8) is 0 Å². The number of unbranched alkanes of at least 4 members (excludes halogenated alkanes) is 9. The Morgan fingerprint density at radius 2 is 1.29 bits per heavy atom. The minimum Gasteiger partial charge on any atom is -0.394 e. The highest BCUT2D eigenvalue weighted by Crippen LogP contribution is 2.10. The van der Waals surface area contributed by atoms with Crippen LogP contribution < -0.4 is 0 Å². The second-order valence-corrected chi connectivity index (χ2v) is 6.49. The number of hydrogen-bond acceptors (Lipinski definition) is 5. The molecule has 0 amide bonds. The molecule has 146 valence electrons. The summed E-state index contributed by atoms with van der Waals surface area (Å²) in [5.74, 6) is 0. The Bertz CT molecular complexity index is 234. The van der Waals surface area contributed by atoms with E-state index in [9.17, 15) is 5.11 Å². The molecule has 0 saturated carbocycles. The number of methoxy groups -OCH3 is 1. The molecule has 0 saturated heterocycles. The zero-order valence-electron chi connectivity index (χ0n) is 15.9. The van der Waals surface area contributed by atoms with Crippen LogP contribution in [-0.2, 0) is 14.2 Å². The predicted molar refractivity (Wildman–Crippen MR) is 97.4 cm³/mol. The first-order valence-electron chi connectivity index (χ1n) is 9.71. The van der Waals surface area contributed by atoms with E-state index in [2.05, 4.69) is 6.92 Å². The van der Waals surface area contributed by atoms with Crippen LogP contribution in [-0.4, -0.2) is 62.6 Å². The van der Waals surface area contributed by atoms with Gasteiger partial charge in [0.05, 0.1) is 26.4 Å². The maximum atomic E-state index is 9.72. The van der Waals surface area contributed by atoms with Crippen molar-refractivity contribution in [1.82, 2.24) is 0 Å². The van der Waals surface area contributed by atoms with Gasteiger partial charge in [-0.1, -0.05) is 64.7 Å². The minimum atomic E-state index is -0.621. The third-order valence-corrected chi connectivity index (χ3v) is 4.10. The van der Waals surface area contributed by atoms with Gasteiger partial charge in [-0.05, 0) is 6.42 Å². The average molecular weight is 349 g/mol. The number of aliphatic hydroxyl groups excluding tert-OH is 2. The van der Waals surface area contributed by atoms with Crippen LogP contribution in [0.1, 0.15) is 71.1 Å². The molecule has 2 atom stereocenters. The predicted octanol–water partition coefficient (Wildman–Crippen LogP) is 3.31. The van der Waals surface area contributed by atoms with Gasteiger partial charge in [0.25, 0.3) is 0 Å². The lowest BCUT2D eigenvalue weighted by molar-refractivity contribution is -0.0586. The van der Waals surface area contributed by atoms with E-state index in [1.807, 2.05) is 0 Å². The molecule has 0 aliphatic heterocycles. The van der Waals surface area contributed by atoms with Gasteiger partial charge in [-0.15, -0.1) is 0 Å². The van der Waals surface area contributed by atoms with Crippen molar-refractivity contribution in [2.45, 2.75) is 83.3 Å². The number of hydrogen-bond donors (Lipinski definition) is 2. The second-order valence-electron chi connectivity index (χ2n) is 6.49. The van der Waals surface area contributed by atoms with Crippen LogP contribution in [0, 0.1) is 0 Å². The van der Waals surface area contributed by atoms with E-state index in [1.165, 1.54) is 64.9 Å². The molecule has 5 nitrogen and oxygen atoms in total. The smallest absolute Gasteiger partial charge is 0.103 e. The molecule has 2 unspecified atom stereocenters. The SMILES string of the molecule is CCCCCCCCCCCCOCC(O)COCC(CO)OC. The van der Waals surface area contributed by atoms with Crippen molar-refractivity contribution < 1.29 is 24.4 Å². The molecule has 0 rings (SSSR count). The van der Waals surface area contributed by atoms with Gasteiger partial charge in [0.1, 0.15) is 12.2 Å². The summed E-state index contributed by atoms with van der Waals surface area (Å²) in [7, 11) is 1.52. The van der Waals surface area contributed by atoms with Crippen LogP contribution >= 0.6 is 0 Å². The highest BCUT2D eigenvalue weighted by Gasteiger charge is 2.08. The molecular formula is C19H40O5. The van der Waals surface area contributed by atoms with Crippen molar-refractivity contribution in [3.05, 3.63) is 0 Å². The fourth-order valence-corrected chi connectivity index (χ4v) is 2.49. The van der Waals surface area contributed by atoms with Crippen molar-refractivity contribution in [3.8, 4) is 0 Å². The second kappa shape index (κ2) is 19.1. The minimum absolute atomic E-state index is 0.0815. The molecule has 2 N–H and O–H groups in total. The number of rotatable bonds is 19. The summed E-state index contributed by atoms with van der Waals surface area (Å²) >= 11 is 0. The Hall–Kier alpha value is -0.200. The van der Waals surface area contributed by atoms with Gasteiger partial charge in [0, 0.05) is 13.7 Å². The molecule has 0 aromatic rings. The summed E-state index contributed by atoms with van der Waals surface area (Å²) in [6.07, 6.45) is 12.1. The third kappa shape index (κ3) is 16.7. The highest BCUT2D eigenvalue weighted by molar-refractivity contribution is 4.56. The molecule has 0 aromatic heterocycles. The van der Waals surface area contributed by atoms with Crippen molar-refractivity contribution >= 4 is 0 Å². The van der Waals surface area contributed by atoms with Gasteiger partial charge < -0.3 is 24.4 Å². The Balaban J connectivity index is 3.20. The molecular weight excluding hydrogens is 308 g/mol. The molecule has 0 aliphatic rings. The molecule has 24 heavy (non-hydrogen) atoms. The molecule has 0 heterocycles. The van der Waals surface area contributed by atoms with E-state index >= 15 is 0 Å². The Labute approximate surface area is 148 Å². The lowest BCUT2D eigenvalue weighted by Gasteiger charge is -2.15. The van der Waals surface area contributed by atoms with Crippen LogP contribution in [0.25, 0.3) is 0 Å². The first kappa shape index (κ1) is 23.8. The number of ether oxygens (including phenoxy) is 3. The molecule has 0 bridgehead atoms. The quantitative estimate of drug-likeness (QED) is 0.351. The van der Waals surface area contributed by atoms with E-state index in [-0.39, 0.29) is 25.9 Å². The van der Waals surface area contributed by atoms with Gasteiger partial charge in [0.15, 0.2) is 0 Å². The van der Waals surface area contributed by atoms with Crippen LogP contribution in [0.5, 0.6) is 0 Å². The third-order valence-electron chi connectivity index (χ3n) is 4.10. The standard InChI is InChI=1S/C19H40O5/c1-3-4-5-6-7-8-9-10-11-12-13-23-15-18(21)16-24-17-19(14-20)22-2/h18-21H,3-17H2,1-2H3. The first-order valence-corrected chi connectivity index (χ1v) is 9.71. The molecule has 0 spiro atoms. The van der Waals surface area contributed by atoms with E-state index < -0.39 is 6.10 Å². The maximum absolute atomic E-state index is 9.72. The van der Waals surface area contributed by atoms with Crippen LogP contribution in [0.4, 0.5) is 0 Å². The zero-order valence-corrected chi connectivity index (χ0v) is 15.9. The van der Waals surface area contributed by atoms with Gasteiger partial charge in [0.2, 0.25) is 0 Å². The topological polar surface area (TPSA) is 68.2 Å². The van der Waals surface area contributed by atoms with Crippen LogP contribution in [0.3, 0.4) is 0 Å². The van der Waals surface area contributed by atoms with Crippen molar-refractivity contribution in [1.29, 1.82) is 0 Å². The van der Waals surface area contributed by atoms with E-state index in [0.717, 1.165) is 6.42 Å². The van der Waals surface area contributed by atoms with Crippen LogP contribution in [0.15, 0.2) is 0 Å². The highest BCUT2D eigenvalue weighted by atomic mass is 16.5. The normalized spacial score (nSPS) is 14.0. The Morgan fingerprint density at radius 1 is 0.750 bits per heavy atom. The molecule has 5 heteroatoms. The molecule has 0 aromatic carbocycles. The van der Waals surface area contributed by atoms with E-state index in [4.69, 9.17) is 19.3 Å². The van der Waals surface area contributed by atoms with Gasteiger partial charge in [-0.25, -0.2) is 0 Å². The summed E-state index contributed by atoms with van der Waals surface area (Å²) in [6, 6.07) is 0. The average Bonchev–Trinajstić information content (AvgIpc) is 2.59. The lowest BCUT2D eigenvalue weighted by Crippen LogP contribution is -2.27. The number of aliphatic hydroxyl groups is 2. The zero-order chi connectivity index (χ0) is 17.9. The molecule has 0 aliphatic carbocycles. The Morgan fingerprint density at radius 3 is 1.83 bits per heavy atom. The van der Waals surface area contributed by atoms with Gasteiger partial charge >= 0.3 is 0 Å². The molecule has 0 radical (unpaired) electrons. The summed E-state index contributed by atoms with van der Waals surface area (Å²) in [5, 5.41) is 18.6. The largest absolute Gasteiger partial charge is 0.394 e. The Kier molecular flexibility index (Phi) is 19.0. The fraction of sp³-hybridized carbons (Fsp3) is 1.00. The summed E-state index contributed by atoms with van der Waals surface area (Å²) in [6.45, 7) is 3.66. The first-order chi connectivity index (χ1) is 11.7. The monoisotopic (exact) mass is 348 g/mol. The summed E-state index contributed by atoms with van der Waals surface area (Å²) in [4.78, 5) is 0. The summed E-state index contributed by atoms with van der Waals surface area (Å²) in [5.41, 5.74) is 0. The molecule has 0 fully saturated rings. The van der Waals surface area contributed by atoms with Crippen LogP contribution in [0.2, 0.25) is 0 Å². The maximum Gasteiger partial charge on any atom is 0.103 e. The van der Waals surface area contributed by atoms with E-state index in [0.29, 0.717) is 13.2 Å². The van der Waals surface area contributed by atoms with Crippen molar-refractivity contribution in [2.75, 3.05) is 40.1 Å². The van der Waals surface area contributed by atoms with Gasteiger partial charge in [-0.2, -0.15) is 0 Å². The van der Waals surface area contributed by atoms with E-state index in [1.54, 1.807) is 0 Å².